The predicted molar refractivity (Wildman–Crippen MR) is 78.8 cm³/mol. The summed E-state index contributed by atoms with van der Waals surface area (Å²) in [6, 6.07) is 4.23. The lowest BCUT2D eigenvalue weighted by Gasteiger charge is -2.23. The van der Waals surface area contributed by atoms with Gasteiger partial charge >= 0.3 is 5.97 Å². The van der Waals surface area contributed by atoms with Gasteiger partial charge in [0.1, 0.15) is 0 Å². The van der Waals surface area contributed by atoms with Crippen molar-refractivity contribution in [1.82, 2.24) is 4.31 Å². The summed E-state index contributed by atoms with van der Waals surface area (Å²) < 4.78 is 26.4. The zero-order valence-corrected chi connectivity index (χ0v) is 13.0. The molecule has 1 unspecified atom stereocenters. The van der Waals surface area contributed by atoms with Crippen LogP contribution in [0.3, 0.4) is 0 Å². The fourth-order valence-corrected chi connectivity index (χ4v) is 4.94. The lowest BCUT2D eigenvalue weighted by molar-refractivity contribution is 0.0696. The van der Waals surface area contributed by atoms with Gasteiger partial charge in [0.25, 0.3) is 0 Å². The molecule has 1 aliphatic heterocycles. The Kier molecular flexibility index (Phi) is 4.41. The van der Waals surface area contributed by atoms with E-state index in [2.05, 4.69) is 0 Å². The number of carbonyl (C=O) groups is 1. The number of carboxylic acids is 1. The van der Waals surface area contributed by atoms with E-state index in [4.69, 9.17) is 5.11 Å². The van der Waals surface area contributed by atoms with E-state index in [0.29, 0.717) is 5.56 Å². The lowest BCUT2D eigenvalue weighted by atomic mass is 10.1. The number of aryl methyl sites for hydroxylation is 1. The van der Waals surface area contributed by atoms with Crippen LogP contribution in [0, 0.1) is 6.92 Å². The highest BCUT2D eigenvalue weighted by Crippen LogP contribution is 2.27. The molecule has 0 amide bonds. The molecule has 1 aromatic rings. The minimum atomic E-state index is -3.64. The first-order chi connectivity index (χ1) is 9.34. The first kappa shape index (κ1) is 15.3. The van der Waals surface area contributed by atoms with Crippen LogP contribution < -0.4 is 0 Å². The van der Waals surface area contributed by atoms with Crippen LogP contribution in [-0.2, 0) is 10.0 Å². The topological polar surface area (TPSA) is 74.7 Å². The van der Waals surface area contributed by atoms with Gasteiger partial charge in [0, 0.05) is 18.8 Å². The quantitative estimate of drug-likeness (QED) is 0.917. The second-order valence-electron chi connectivity index (χ2n) is 4.82. The summed E-state index contributed by atoms with van der Waals surface area (Å²) in [5.41, 5.74) is 0.579. The second-order valence-corrected chi connectivity index (χ2v) is 7.97. The van der Waals surface area contributed by atoms with Gasteiger partial charge in [-0.1, -0.05) is 6.07 Å². The van der Waals surface area contributed by atoms with Crippen LogP contribution in [0.25, 0.3) is 0 Å². The highest BCUT2D eigenvalue weighted by Gasteiger charge is 2.30. The van der Waals surface area contributed by atoms with E-state index in [1.807, 2.05) is 0 Å². The zero-order chi connectivity index (χ0) is 14.9. The Morgan fingerprint density at radius 2 is 2.15 bits per heavy atom. The Morgan fingerprint density at radius 3 is 2.70 bits per heavy atom. The van der Waals surface area contributed by atoms with Crippen molar-refractivity contribution < 1.29 is 18.3 Å². The van der Waals surface area contributed by atoms with Crippen molar-refractivity contribution in [3.8, 4) is 0 Å². The molecule has 0 aromatic heterocycles. The van der Waals surface area contributed by atoms with E-state index in [-0.39, 0.29) is 16.5 Å². The standard InChI is InChI=1S/C13H17NO4S2/c1-9-3-4-11(7-12(9)13(15)16)20(17,18)14(2)10-5-6-19-8-10/h3-4,7,10H,5-6,8H2,1-2H3,(H,15,16). The third-order valence-corrected chi connectivity index (χ3v) is 6.59. The van der Waals surface area contributed by atoms with Gasteiger partial charge in [-0.15, -0.1) is 0 Å². The molecule has 2 rings (SSSR count). The summed E-state index contributed by atoms with van der Waals surface area (Å²) in [6.07, 6.45) is 0.831. The molecule has 7 heteroatoms. The summed E-state index contributed by atoms with van der Waals surface area (Å²) in [7, 11) is -2.08. The number of hydrogen-bond acceptors (Lipinski definition) is 4. The molecule has 1 atom stereocenters. The van der Waals surface area contributed by atoms with Gasteiger partial charge in [0.2, 0.25) is 10.0 Å². The molecule has 0 saturated carbocycles. The highest BCUT2D eigenvalue weighted by atomic mass is 32.2. The normalized spacial score (nSPS) is 19.4. The molecular weight excluding hydrogens is 298 g/mol. The molecule has 1 saturated heterocycles. The molecule has 20 heavy (non-hydrogen) atoms. The number of carboxylic acid groups (broad SMARTS) is 1. The smallest absolute Gasteiger partial charge is 0.335 e. The Labute approximate surface area is 123 Å². The van der Waals surface area contributed by atoms with Gasteiger partial charge < -0.3 is 5.11 Å². The molecule has 1 fully saturated rings. The van der Waals surface area contributed by atoms with Gasteiger partial charge in [-0.2, -0.15) is 16.1 Å². The summed E-state index contributed by atoms with van der Waals surface area (Å²) in [5.74, 6) is 0.630. The first-order valence-electron chi connectivity index (χ1n) is 6.24. The number of thioether (sulfide) groups is 1. The summed E-state index contributed by atoms with van der Waals surface area (Å²) in [5, 5.41) is 9.09. The van der Waals surface area contributed by atoms with Crippen LogP contribution in [-0.4, -0.2) is 48.4 Å². The summed E-state index contributed by atoms with van der Waals surface area (Å²) in [6.45, 7) is 1.65. The Morgan fingerprint density at radius 1 is 1.45 bits per heavy atom. The Balaban J connectivity index is 2.38. The van der Waals surface area contributed by atoms with Crippen molar-refractivity contribution >= 4 is 27.8 Å². The molecule has 5 nitrogen and oxygen atoms in total. The number of benzene rings is 1. The summed E-state index contributed by atoms with van der Waals surface area (Å²) >= 11 is 1.73. The van der Waals surface area contributed by atoms with Crippen molar-refractivity contribution in [2.75, 3.05) is 18.6 Å². The molecule has 0 aliphatic carbocycles. The monoisotopic (exact) mass is 315 g/mol. The largest absolute Gasteiger partial charge is 0.478 e. The summed E-state index contributed by atoms with van der Waals surface area (Å²) in [4.78, 5) is 11.2. The van der Waals surface area contributed by atoms with Crippen molar-refractivity contribution in [1.29, 1.82) is 0 Å². The van der Waals surface area contributed by atoms with Crippen LogP contribution in [0.2, 0.25) is 0 Å². The van der Waals surface area contributed by atoms with E-state index in [1.165, 1.54) is 22.5 Å². The van der Waals surface area contributed by atoms with Gasteiger partial charge in [0.05, 0.1) is 10.5 Å². The van der Waals surface area contributed by atoms with Crippen molar-refractivity contribution in [2.24, 2.45) is 0 Å². The number of aromatic carboxylic acids is 1. The SMILES string of the molecule is Cc1ccc(S(=O)(=O)N(C)C2CCSC2)cc1C(=O)O. The minimum Gasteiger partial charge on any atom is -0.478 e. The van der Waals surface area contributed by atoms with Gasteiger partial charge in [0.15, 0.2) is 0 Å². The van der Waals surface area contributed by atoms with Gasteiger partial charge in [-0.05, 0) is 36.8 Å². The Bertz CT molecular complexity index is 621. The zero-order valence-electron chi connectivity index (χ0n) is 11.4. The van der Waals surface area contributed by atoms with Crippen LogP contribution in [0.1, 0.15) is 22.3 Å². The molecular formula is C13H17NO4S2. The van der Waals surface area contributed by atoms with E-state index in [9.17, 15) is 13.2 Å². The predicted octanol–water partition coefficient (Wildman–Crippen LogP) is 1.82. The van der Waals surface area contributed by atoms with E-state index >= 15 is 0 Å². The van der Waals surface area contributed by atoms with E-state index in [1.54, 1.807) is 25.7 Å². The minimum absolute atomic E-state index is 0.0143. The number of sulfonamides is 1. The second kappa shape index (κ2) is 5.75. The molecule has 0 radical (unpaired) electrons. The van der Waals surface area contributed by atoms with E-state index < -0.39 is 16.0 Å². The Hall–Kier alpha value is -1.05. The molecule has 0 bridgehead atoms. The molecule has 1 aromatic carbocycles. The fraction of sp³-hybridized carbons (Fsp3) is 0.462. The van der Waals surface area contributed by atoms with Gasteiger partial charge in [-0.25, -0.2) is 13.2 Å². The third kappa shape index (κ3) is 2.84. The van der Waals surface area contributed by atoms with Crippen LogP contribution in [0.15, 0.2) is 23.1 Å². The molecule has 110 valence electrons. The molecule has 1 N–H and O–H groups in total. The van der Waals surface area contributed by atoms with E-state index in [0.717, 1.165) is 17.9 Å². The molecule has 1 aliphatic rings. The number of rotatable bonds is 4. The van der Waals surface area contributed by atoms with Crippen LogP contribution in [0.4, 0.5) is 0 Å². The van der Waals surface area contributed by atoms with Gasteiger partial charge in [-0.3, -0.25) is 0 Å². The maximum absolute atomic E-state index is 12.5. The lowest BCUT2D eigenvalue weighted by Crippen LogP contribution is -2.37. The van der Waals surface area contributed by atoms with Crippen molar-refractivity contribution in [3.05, 3.63) is 29.3 Å². The van der Waals surface area contributed by atoms with Crippen molar-refractivity contribution in [3.63, 3.8) is 0 Å². The van der Waals surface area contributed by atoms with Crippen molar-refractivity contribution in [2.45, 2.75) is 24.3 Å². The van der Waals surface area contributed by atoms with Crippen LogP contribution >= 0.6 is 11.8 Å². The average Bonchev–Trinajstić information content (AvgIpc) is 2.91. The number of hydrogen-bond donors (Lipinski definition) is 1. The third-order valence-electron chi connectivity index (χ3n) is 3.54. The highest BCUT2D eigenvalue weighted by molar-refractivity contribution is 7.99. The molecule has 1 heterocycles. The van der Waals surface area contributed by atoms with Crippen LogP contribution in [0.5, 0.6) is 0 Å². The maximum atomic E-state index is 12.5. The number of nitrogens with zero attached hydrogens (tertiary/aromatic N) is 1. The fourth-order valence-electron chi connectivity index (χ4n) is 2.16. The average molecular weight is 315 g/mol. The first-order valence-corrected chi connectivity index (χ1v) is 8.83. The molecule has 0 spiro atoms. The maximum Gasteiger partial charge on any atom is 0.335 e.